The zero-order chi connectivity index (χ0) is 13.8. The van der Waals surface area contributed by atoms with Crippen molar-refractivity contribution in [2.24, 2.45) is 11.8 Å². The Morgan fingerprint density at radius 2 is 2.00 bits per heavy atom. The van der Waals surface area contributed by atoms with Crippen molar-refractivity contribution in [3.63, 3.8) is 0 Å². The fourth-order valence-electron chi connectivity index (χ4n) is 3.14. The van der Waals surface area contributed by atoms with Crippen LogP contribution in [0.15, 0.2) is 18.2 Å². The molecule has 2 atom stereocenters. The molecule has 0 spiro atoms. The van der Waals surface area contributed by atoms with E-state index in [9.17, 15) is 0 Å². The van der Waals surface area contributed by atoms with Crippen LogP contribution >= 0.6 is 11.6 Å². The second kappa shape index (κ2) is 6.76. The minimum atomic E-state index is 0.587. The van der Waals surface area contributed by atoms with Crippen LogP contribution in [-0.2, 0) is 6.42 Å². The summed E-state index contributed by atoms with van der Waals surface area (Å²) in [6.45, 7) is 7.70. The maximum atomic E-state index is 6.37. The minimum Gasteiger partial charge on any atom is -0.314 e. The van der Waals surface area contributed by atoms with Gasteiger partial charge in [0.05, 0.1) is 0 Å². The largest absolute Gasteiger partial charge is 0.314 e. The third-order valence-electron chi connectivity index (χ3n) is 4.30. The molecule has 1 aromatic rings. The Labute approximate surface area is 122 Å². The molecular formula is C17H26ClN. The number of benzene rings is 1. The van der Waals surface area contributed by atoms with E-state index >= 15 is 0 Å². The highest BCUT2D eigenvalue weighted by molar-refractivity contribution is 6.31. The van der Waals surface area contributed by atoms with Gasteiger partial charge in [-0.3, -0.25) is 0 Å². The molecule has 106 valence electrons. The highest BCUT2D eigenvalue weighted by Crippen LogP contribution is 2.35. The summed E-state index contributed by atoms with van der Waals surface area (Å²) in [5.74, 6) is 1.62. The van der Waals surface area contributed by atoms with Crippen molar-refractivity contribution < 1.29 is 0 Å². The van der Waals surface area contributed by atoms with Crippen LogP contribution in [0.25, 0.3) is 0 Å². The highest BCUT2D eigenvalue weighted by atomic mass is 35.5. The van der Waals surface area contributed by atoms with Gasteiger partial charge in [0.25, 0.3) is 0 Å². The summed E-state index contributed by atoms with van der Waals surface area (Å²) >= 11 is 6.37. The molecule has 1 N–H and O–H groups in total. The second-order valence-corrected chi connectivity index (χ2v) is 6.72. The summed E-state index contributed by atoms with van der Waals surface area (Å²) in [6.07, 6.45) is 5.24. The van der Waals surface area contributed by atoms with Crippen molar-refractivity contribution in [1.29, 1.82) is 0 Å². The first-order valence-corrected chi connectivity index (χ1v) is 7.92. The van der Waals surface area contributed by atoms with Gasteiger partial charge >= 0.3 is 0 Å². The lowest BCUT2D eigenvalue weighted by Gasteiger charge is -2.22. The third kappa shape index (κ3) is 4.22. The summed E-state index contributed by atoms with van der Waals surface area (Å²) in [5, 5.41) is 4.54. The highest BCUT2D eigenvalue weighted by Gasteiger charge is 2.27. The van der Waals surface area contributed by atoms with E-state index in [1.54, 1.807) is 0 Å². The number of halogens is 1. The zero-order valence-electron chi connectivity index (χ0n) is 12.4. The molecule has 1 fully saturated rings. The monoisotopic (exact) mass is 279 g/mol. The minimum absolute atomic E-state index is 0.587. The van der Waals surface area contributed by atoms with Crippen LogP contribution < -0.4 is 5.32 Å². The molecule has 2 rings (SSSR count). The predicted octanol–water partition coefficient (Wildman–Crippen LogP) is 4.61. The van der Waals surface area contributed by atoms with Crippen molar-refractivity contribution in [3.8, 4) is 0 Å². The molecular weight excluding hydrogens is 254 g/mol. The van der Waals surface area contributed by atoms with Crippen LogP contribution in [0.3, 0.4) is 0 Å². The van der Waals surface area contributed by atoms with Gasteiger partial charge in [-0.05, 0) is 61.8 Å². The van der Waals surface area contributed by atoms with Gasteiger partial charge < -0.3 is 5.32 Å². The standard InChI is InChI=1S/C17H26ClN/c1-12(2)19-11-16-6-4-5-14(16)10-15-8-7-13(3)9-17(15)18/h7-9,12,14,16,19H,4-6,10-11H2,1-3H3. The Morgan fingerprint density at radius 1 is 1.26 bits per heavy atom. The lowest BCUT2D eigenvalue weighted by molar-refractivity contribution is 0.354. The zero-order valence-corrected chi connectivity index (χ0v) is 13.1. The maximum Gasteiger partial charge on any atom is 0.0440 e. The molecule has 0 aliphatic heterocycles. The van der Waals surface area contributed by atoms with E-state index in [2.05, 4.69) is 44.3 Å². The number of aryl methyl sites for hydroxylation is 1. The predicted molar refractivity (Wildman–Crippen MR) is 83.9 cm³/mol. The molecule has 0 bridgehead atoms. The molecule has 0 heterocycles. The van der Waals surface area contributed by atoms with E-state index in [4.69, 9.17) is 11.6 Å². The fourth-order valence-corrected chi connectivity index (χ4v) is 3.45. The van der Waals surface area contributed by atoms with Crippen LogP contribution in [0, 0.1) is 18.8 Å². The van der Waals surface area contributed by atoms with Crippen LogP contribution in [0.1, 0.15) is 44.2 Å². The van der Waals surface area contributed by atoms with Crippen molar-refractivity contribution in [1.82, 2.24) is 5.32 Å². The molecule has 2 heteroatoms. The topological polar surface area (TPSA) is 12.0 Å². The first-order chi connectivity index (χ1) is 9.06. The summed E-state index contributed by atoms with van der Waals surface area (Å²) < 4.78 is 0. The number of rotatable bonds is 5. The van der Waals surface area contributed by atoms with Gasteiger partial charge in [-0.1, -0.05) is 44.0 Å². The lowest BCUT2D eigenvalue weighted by atomic mass is 9.89. The van der Waals surface area contributed by atoms with Gasteiger partial charge in [0, 0.05) is 11.1 Å². The van der Waals surface area contributed by atoms with E-state index in [1.807, 2.05) is 0 Å². The summed E-state index contributed by atoms with van der Waals surface area (Å²) in [4.78, 5) is 0. The normalized spacial score (nSPS) is 23.2. The summed E-state index contributed by atoms with van der Waals surface area (Å²) in [5.41, 5.74) is 2.58. The number of nitrogens with one attached hydrogen (secondary N) is 1. The van der Waals surface area contributed by atoms with E-state index in [1.165, 1.54) is 30.4 Å². The van der Waals surface area contributed by atoms with Gasteiger partial charge in [0.2, 0.25) is 0 Å². The van der Waals surface area contributed by atoms with Crippen LogP contribution in [0.4, 0.5) is 0 Å². The fraction of sp³-hybridized carbons (Fsp3) is 0.647. The van der Waals surface area contributed by atoms with E-state index in [0.717, 1.165) is 29.8 Å². The SMILES string of the molecule is Cc1ccc(CC2CCCC2CNC(C)C)c(Cl)c1. The van der Waals surface area contributed by atoms with Gasteiger partial charge in [0.15, 0.2) is 0 Å². The average Bonchev–Trinajstić information content (AvgIpc) is 2.77. The Morgan fingerprint density at radius 3 is 2.68 bits per heavy atom. The van der Waals surface area contributed by atoms with Crippen LogP contribution in [-0.4, -0.2) is 12.6 Å². The van der Waals surface area contributed by atoms with Gasteiger partial charge in [-0.15, -0.1) is 0 Å². The van der Waals surface area contributed by atoms with Crippen LogP contribution in [0.2, 0.25) is 5.02 Å². The Bertz CT molecular complexity index is 414. The molecule has 1 saturated carbocycles. The van der Waals surface area contributed by atoms with Crippen LogP contribution in [0.5, 0.6) is 0 Å². The number of hydrogen-bond donors (Lipinski definition) is 1. The van der Waals surface area contributed by atoms with Crippen molar-refractivity contribution in [2.45, 2.75) is 52.5 Å². The van der Waals surface area contributed by atoms with Gasteiger partial charge in [-0.2, -0.15) is 0 Å². The first-order valence-electron chi connectivity index (χ1n) is 7.54. The van der Waals surface area contributed by atoms with Crippen molar-refractivity contribution in [2.75, 3.05) is 6.54 Å². The Kier molecular flexibility index (Phi) is 5.29. The number of hydrogen-bond acceptors (Lipinski definition) is 1. The molecule has 0 saturated heterocycles. The summed E-state index contributed by atoms with van der Waals surface area (Å²) in [7, 11) is 0. The molecule has 0 amide bonds. The smallest absolute Gasteiger partial charge is 0.0440 e. The second-order valence-electron chi connectivity index (χ2n) is 6.31. The maximum absolute atomic E-state index is 6.37. The van der Waals surface area contributed by atoms with Crippen molar-refractivity contribution in [3.05, 3.63) is 34.3 Å². The first kappa shape index (κ1) is 14.9. The molecule has 1 aromatic carbocycles. The molecule has 0 radical (unpaired) electrons. The third-order valence-corrected chi connectivity index (χ3v) is 4.65. The lowest BCUT2D eigenvalue weighted by Crippen LogP contribution is -2.31. The Balaban J connectivity index is 1.97. The molecule has 19 heavy (non-hydrogen) atoms. The molecule has 1 nitrogen and oxygen atoms in total. The average molecular weight is 280 g/mol. The Hall–Kier alpha value is -0.530. The van der Waals surface area contributed by atoms with E-state index in [-0.39, 0.29) is 0 Å². The molecule has 0 aromatic heterocycles. The summed E-state index contributed by atoms with van der Waals surface area (Å²) in [6, 6.07) is 7.07. The van der Waals surface area contributed by atoms with Gasteiger partial charge in [0.1, 0.15) is 0 Å². The van der Waals surface area contributed by atoms with E-state index < -0.39 is 0 Å². The van der Waals surface area contributed by atoms with Crippen molar-refractivity contribution >= 4 is 11.6 Å². The van der Waals surface area contributed by atoms with E-state index in [0.29, 0.717) is 6.04 Å². The molecule has 2 unspecified atom stereocenters. The molecule has 1 aliphatic rings. The molecule has 1 aliphatic carbocycles. The van der Waals surface area contributed by atoms with Gasteiger partial charge in [-0.25, -0.2) is 0 Å². The quantitative estimate of drug-likeness (QED) is 0.830.